The highest BCUT2D eigenvalue weighted by Gasteiger charge is 2.16. The molecule has 4 nitrogen and oxygen atoms in total. The first-order chi connectivity index (χ1) is 8.88. The first-order valence-corrected chi connectivity index (χ1v) is 5.81. The molecular formula is C14H13N3O. The van der Waals surface area contributed by atoms with Crippen LogP contribution in [-0.4, -0.2) is 17.2 Å². The lowest BCUT2D eigenvalue weighted by molar-refractivity contribution is 0.490. The molecule has 1 unspecified atom stereocenters. The Labute approximate surface area is 105 Å². The fraction of sp³-hybridized carbons (Fsp3) is 0.143. The van der Waals surface area contributed by atoms with Crippen molar-refractivity contribution < 1.29 is 4.42 Å². The van der Waals surface area contributed by atoms with Gasteiger partial charge in [-0.15, -0.1) is 0 Å². The van der Waals surface area contributed by atoms with E-state index in [9.17, 15) is 0 Å². The summed E-state index contributed by atoms with van der Waals surface area (Å²) < 4.78 is 5.86. The van der Waals surface area contributed by atoms with Crippen molar-refractivity contribution in [1.82, 2.24) is 15.5 Å². The SMILES string of the molecule is CNC(c1ccnnc1)c1cc2ccccc2o1. The number of nitrogens with zero attached hydrogens (tertiary/aromatic N) is 2. The van der Waals surface area contributed by atoms with Gasteiger partial charge >= 0.3 is 0 Å². The second kappa shape index (κ2) is 4.58. The fourth-order valence-electron chi connectivity index (χ4n) is 2.09. The van der Waals surface area contributed by atoms with E-state index in [0.29, 0.717) is 0 Å². The number of hydrogen-bond donors (Lipinski definition) is 1. The minimum Gasteiger partial charge on any atom is -0.459 e. The average molecular weight is 239 g/mol. The van der Waals surface area contributed by atoms with Gasteiger partial charge in [-0.3, -0.25) is 0 Å². The van der Waals surface area contributed by atoms with Crippen LogP contribution in [0, 0.1) is 0 Å². The summed E-state index contributed by atoms with van der Waals surface area (Å²) in [5.41, 5.74) is 1.93. The topological polar surface area (TPSA) is 51.0 Å². The summed E-state index contributed by atoms with van der Waals surface area (Å²) in [5, 5.41) is 12.0. The molecule has 2 aromatic heterocycles. The van der Waals surface area contributed by atoms with Crippen LogP contribution in [0.4, 0.5) is 0 Å². The molecule has 3 aromatic rings. The molecule has 90 valence electrons. The summed E-state index contributed by atoms with van der Waals surface area (Å²) in [6.45, 7) is 0. The van der Waals surface area contributed by atoms with Crippen LogP contribution in [0.5, 0.6) is 0 Å². The van der Waals surface area contributed by atoms with Crippen LogP contribution in [0.15, 0.2) is 53.2 Å². The Morgan fingerprint density at radius 2 is 2.06 bits per heavy atom. The maximum Gasteiger partial charge on any atom is 0.134 e. The van der Waals surface area contributed by atoms with Crippen LogP contribution < -0.4 is 5.32 Å². The zero-order valence-corrected chi connectivity index (χ0v) is 10.00. The standard InChI is InChI=1S/C14H13N3O/c1-15-14(11-6-7-16-17-9-11)13-8-10-4-2-3-5-12(10)18-13/h2-9,14-15H,1H3. The quantitative estimate of drug-likeness (QED) is 0.763. The van der Waals surface area contributed by atoms with Gasteiger partial charge in [0.1, 0.15) is 11.3 Å². The number of fused-ring (bicyclic) bond motifs is 1. The number of hydrogen-bond acceptors (Lipinski definition) is 4. The lowest BCUT2D eigenvalue weighted by Gasteiger charge is -2.12. The van der Waals surface area contributed by atoms with E-state index in [1.807, 2.05) is 37.4 Å². The minimum atomic E-state index is -0.00657. The maximum absolute atomic E-state index is 5.86. The number of para-hydroxylation sites is 1. The molecule has 0 aliphatic heterocycles. The second-order valence-corrected chi connectivity index (χ2v) is 4.08. The Hall–Kier alpha value is -2.20. The molecule has 0 bridgehead atoms. The molecule has 4 heteroatoms. The molecule has 1 atom stereocenters. The van der Waals surface area contributed by atoms with Gasteiger partial charge in [0.25, 0.3) is 0 Å². The summed E-state index contributed by atoms with van der Waals surface area (Å²) in [6, 6.07) is 12.0. The van der Waals surface area contributed by atoms with E-state index >= 15 is 0 Å². The van der Waals surface area contributed by atoms with Crippen molar-refractivity contribution in [2.45, 2.75) is 6.04 Å². The predicted molar refractivity (Wildman–Crippen MR) is 69.1 cm³/mol. The van der Waals surface area contributed by atoms with E-state index in [4.69, 9.17) is 4.42 Å². The van der Waals surface area contributed by atoms with Crippen molar-refractivity contribution in [3.8, 4) is 0 Å². The van der Waals surface area contributed by atoms with Crippen LogP contribution in [0.1, 0.15) is 17.4 Å². The first-order valence-electron chi connectivity index (χ1n) is 5.81. The number of aromatic nitrogens is 2. The van der Waals surface area contributed by atoms with E-state index in [2.05, 4.69) is 21.6 Å². The molecule has 2 heterocycles. The summed E-state index contributed by atoms with van der Waals surface area (Å²) in [5.74, 6) is 0.881. The van der Waals surface area contributed by atoms with Crippen LogP contribution >= 0.6 is 0 Å². The van der Waals surface area contributed by atoms with E-state index in [1.165, 1.54) is 0 Å². The van der Waals surface area contributed by atoms with Crippen molar-refractivity contribution in [2.24, 2.45) is 0 Å². The number of rotatable bonds is 3. The number of nitrogens with one attached hydrogen (secondary N) is 1. The smallest absolute Gasteiger partial charge is 0.134 e. The van der Waals surface area contributed by atoms with Gasteiger partial charge in [0.15, 0.2) is 0 Å². The normalized spacial score (nSPS) is 12.7. The largest absolute Gasteiger partial charge is 0.459 e. The predicted octanol–water partition coefficient (Wildman–Crippen LogP) is 2.53. The van der Waals surface area contributed by atoms with Gasteiger partial charge in [-0.25, -0.2) is 0 Å². The third-order valence-corrected chi connectivity index (χ3v) is 2.96. The summed E-state index contributed by atoms with van der Waals surface area (Å²) in [7, 11) is 1.90. The van der Waals surface area contributed by atoms with Crippen molar-refractivity contribution in [1.29, 1.82) is 0 Å². The first kappa shape index (κ1) is 10.9. The van der Waals surface area contributed by atoms with Gasteiger partial charge in [-0.1, -0.05) is 18.2 Å². The molecule has 0 saturated heterocycles. The highest BCUT2D eigenvalue weighted by molar-refractivity contribution is 5.77. The molecule has 3 rings (SSSR count). The van der Waals surface area contributed by atoms with Gasteiger partial charge in [0.2, 0.25) is 0 Å². The number of benzene rings is 1. The van der Waals surface area contributed by atoms with Gasteiger partial charge in [-0.2, -0.15) is 10.2 Å². The lowest BCUT2D eigenvalue weighted by Crippen LogP contribution is -2.17. The Bertz CT molecular complexity index is 615. The van der Waals surface area contributed by atoms with Crippen LogP contribution in [0.25, 0.3) is 11.0 Å². The molecule has 1 N–H and O–H groups in total. The third kappa shape index (κ3) is 1.87. The molecule has 0 spiro atoms. The van der Waals surface area contributed by atoms with Gasteiger partial charge < -0.3 is 9.73 Å². The van der Waals surface area contributed by atoms with Crippen molar-refractivity contribution >= 4 is 11.0 Å². The van der Waals surface area contributed by atoms with Crippen molar-refractivity contribution in [3.63, 3.8) is 0 Å². The van der Waals surface area contributed by atoms with E-state index in [-0.39, 0.29) is 6.04 Å². The highest BCUT2D eigenvalue weighted by Crippen LogP contribution is 2.27. The minimum absolute atomic E-state index is 0.00657. The molecule has 0 fully saturated rings. The summed E-state index contributed by atoms with van der Waals surface area (Å²) in [6.07, 6.45) is 3.43. The summed E-state index contributed by atoms with van der Waals surface area (Å²) >= 11 is 0. The third-order valence-electron chi connectivity index (χ3n) is 2.96. The highest BCUT2D eigenvalue weighted by atomic mass is 16.3. The summed E-state index contributed by atoms with van der Waals surface area (Å²) in [4.78, 5) is 0. The molecule has 1 aromatic carbocycles. The molecule has 0 saturated carbocycles. The Morgan fingerprint density at radius 1 is 1.17 bits per heavy atom. The van der Waals surface area contributed by atoms with Crippen LogP contribution in [0.3, 0.4) is 0 Å². The Kier molecular flexibility index (Phi) is 2.78. The second-order valence-electron chi connectivity index (χ2n) is 4.08. The molecule has 0 aliphatic rings. The van der Waals surface area contributed by atoms with E-state index in [1.54, 1.807) is 12.4 Å². The van der Waals surface area contributed by atoms with Crippen molar-refractivity contribution in [2.75, 3.05) is 7.05 Å². The molecule has 0 aliphatic carbocycles. The Balaban J connectivity index is 2.06. The number of furan rings is 1. The molecular weight excluding hydrogens is 226 g/mol. The van der Waals surface area contributed by atoms with E-state index in [0.717, 1.165) is 22.3 Å². The average Bonchev–Trinajstić information content (AvgIpc) is 2.84. The molecule has 0 radical (unpaired) electrons. The van der Waals surface area contributed by atoms with Crippen LogP contribution in [-0.2, 0) is 0 Å². The lowest BCUT2D eigenvalue weighted by atomic mass is 10.1. The molecule has 18 heavy (non-hydrogen) atoms. The van der Waals surface area contributed by atoms with Gasteiger partial charge in [0, 0.05) is 11.6 Å². The Morgan fingerprint density at radius 3 is 2.78 bits per heavy atom. The van der Waals surface area contributed by atoms with E-state index < -0.39 is 0 Å². The van der Waals surface area contributed by atoms with Crippen LogP contribution in [0.2, 0.25) is 0 Å². The molecule has 0 amide bonds. The van der Waals surface area contributed by atoms with Crippen molar-refractivity contribution in [3.05, 3.63) is 60.1 Å². The van der Waals surface area contributed by atoms with Gasteiger partial charge in [0.05, 0.1) is 12.2 Å². The zero-order chi connectivity index (χ0) is 12.4. The maximum atomic E-state index is 5.86. The van der Waals surface area contributed by atoms with Gasteiger partial charge in [-0.05, 0) is 30.8 Å². The zero-order valence-electron chi connectivity index (χ0n) is 10.00. The fourth-order valence-corrected chi connectivity index (χ4v) is 2.09. The monoisotopic (exact) mass is 239 g/mol.